The topological polar surface area (TPSA) is 29.3 Å². The largest absolute Gasteiger partial charge is 0.329 e. The number of nitrogens with zero attached hydrogens (tertiary/aromatic N) is 1. The molecule has 16 heavy (non-hydrogen) atoms. The van der Waals surface area contributed by atoms with Crippen molar-refractivity contribution < 1.29 is 0 Å². The second-order valence-corrected chi connectivity index (χ2v) is 4.60. The van der Waals surface area contributed by atoms with Crippen molar-refractivity contribution in [1.29, 1.82) is 0 Å². The average Bonchev–Trinajstić information content (AvgIpc) is 2.80. The zero-order valence-corrected chi connectivity index (χ0v) is 10.1. The molecule has 0 amide bonds. The molecule has 0 saturated carbocycles. The van der Waals surface area contributed by atoms with Crippen molar-refractivity contribution in [3.63, 3.8) is 0 Å². The van der Waals surface area contributed by atoms with Crippen LogP contribution in [-0.4, -0.2) is 24.0 Å². The Hall–Kier alpha value is -0.860. The van der Waals surface area contributed by atoms with Crippen LogP contribution in [0.5, 0.6) is 0 Å². The Kier molecular flexibility index (Phi) is 3.97. The van der Waals surface area contributed by atoms with Gasteiger partial charge in [-0.2, -0.15) is 0 Å². The van der Waals surface area contributed by atoms with Gasteiger partial charge in [-0.05, 0) is 31.4 Å². The van der Waals surface area contributed by atoms with E-state index in [0.717, 1.165) is 12.6 Å². The summed E-state index contributed by atoms with van der Waals surface area (Å²) in [5, 5.41) is 0. The molecule has 1 aromatic rings. The van der Waals surface area contributed by atoms with E-state index in [2.05, 4.69) is 42.2 Å². The highest BCUT2D eigenvalue weighted by atomic mass is 15.2. The first kappa shape index (κ1) is 11.6. The van der Waals surface area contributed by atoms with Crippen LogP contribution in [-0.2, 0) is 0 Å². The van der Waals surface area contributed by atoms with E-state index in [4.69, 9.17) is 5.73 Å². The molecule has 1 aromatic carbocycles. The molecule has 88 valence electrons. The fraction of sp³-hybridized carbons (Fsp3) is 0.571. The lowest BCUT2D eigenvalue weighted by atomic mass is 10.0. The Morgan fingerprint density at radius 2 is 2.12 bits per heavy atom. The van der Waals surface area contributed by atoms with Crippen molar-refractivity contribution in [3.05, 3.63) is 35.9 Å². The second-order valence-electron chi connectivity index (χ2n) is 4.60. The number of rotatable bonds is 4. The van der Waals surface area contributed by atoms with Crippen molar-refractivity contribution in [2.75, 3.05) is 13.1 Å². The predicted octanol–water partition coefficient (Wildman–Crippen LogP) is 2.56. The van der Waals surface area contributed by atoms with Crippen LogP contribution in [0.2, 0.25) is 0 Å². The number of hydrogen-bond acceptors (Lipinski definition) is 2. The molecule has 2 N–H and O–H groups in total. The summed E-state index contributed by atoms with van der Waals surface area (Å²) in [5.41, 5.74) is 7.33. The summed E-state index contributed by atoms with van der Waals surface area (Å²) in [6, 6.07) is 11.8. The molecule has 0 aliphatic carbocycles. The van der Waals surface area contributed by atoms with Gasteiger partial charge in [-0.1, -0.05) is 37.3 Å². The highest BCUT2D eigenvalue weighted by molar-refractivity contribution is 5.20. The van der Waals surface area contributed by atoms with Gasteiger partial charge in [-0.25, -0.2) is 0 Å². The van der Waals surface area contributed by atoms with Crippen LogP contribution in [0.25, 0.3) is 0 Å². The Balaban J connectivity index is 2.16. The molecule has 1 aliphatic heterocycles. The molecule has 1 aliphatic rings. The van der Waals surface area contributed by atoms with E-state index in [1.54, 1.807) is 0 Å². The van der Waals surface area contributed by atoms with E-state index in [-0.39, 0.29) is 0 Å². The van der Waals surface area contributed by atoms with Crippen LogP contribution < -0.4 is 5.73 Å². The van der Waals surface area contributed by atoms with Gasteiger partial charge in [0.15, 0.2) is 0 Å². The van der Waals surface area contributed by atoms with E-state index < -0.39 is 0 Å². The molecular formula is C14H22N2. The fourth-order valence-electron chi connectivity index (χ4n) is 2.84. The van der Waals surface area contributed by atoms with Gasteiger partial charge < -0.3 is 5.73 Å². The quantitative estimate of drug-likeness (QED) is 0.841. The van der Waals surface area contributed by atoms with Gasteiger partial charge in [-0.3, -0.25) is 4.90 Å². The summed E-state index contributed by atoms with van der Waals surface area (Å²) < 4.78 is 0. The van der Waals surface area contributed by atoms with Crippen LogP contribution in [0.1, 0.15) is 37.8 Å². The number of likely N-dealkylation sites (tertiary alicyclic amines) is 1. The minimum atomic E-state index is 0.411. The number of benzene rings is 1. The van der Waals surface area contributed by atoms with E-state index in [1.807, 2.05) is 0 Å². The summed E-state index contributed by atoms with van der Waals surface area (Å²) in [7, 11) is 0. The summed E-state index contributed by atoms with van der Waals surface area (Å²) in [6.45, 7) is 4.21. The van der Waals surface area contributed by atoms with Crippen LogP contribution in [0.15, 0.2) is 30.3 Å². The zero-order valence-electron chi connectivity index (χ0n) is 10.1. The van der Waals surface area contributed by atoms with Crippen molar-refractivity contribution >= 4 is 0 Å². The van der Waals surface area contributed by atoms with Gasteiger partial charge in [0, 0.05) is 18.6 Å². The molecule has 1 heterocycles. The molecule has 2 rings (SSSR count). The molecule has 2 unspecified atom stereocenters. The van der Waals surface area contributed by atoms with Crippen molar-refractivity contribution in [2.45, 2.75) is 38.3 Å². The molecule has 1 saturated heterocycles. The maximum absolute atomic E-state index is 5.96. The van der Waals surface area contributed by atoms with Gasteiger partial charge >= 0.3 is 0 Å². The molecule has 2 heteroatoms. The minimum Gasteiger partial charge on any atom is -0.329 e. The number of nitrogens with two attached hydrogens (primary N) is 1. The summed E-state index contributed by atoms with van der Waals surface area (Å²) in [6.07, 6.45) is 3.89. The normalized spacial score (nSPS) is 23.5. The van der Waals surface area contributed by atoms with Gasteiger partial charge in [0.05, 0.1) is 0 Å². The first-order chi connectivity index (χ1) is 7.86. The Bertz CT molecular complexity index is 310. The predicted molar refractivity (Wildman–Crippen MR) is 68.3 cm³/mol. The molecule has 2 nitrogen and oxygen atoms in total. The molecule has 0 spiro atoms. The lowest BCUT2D eigenvalue weighted by molar-refractivity contribution is 0.180. The smallest absolute Gasteiger partial charge is 0.0473 e. The van der Waals surface area contributed by atoms with Crippen LogP contribution in [0.4, 0.5) is 0 Å². The highest BCUT2D eigenvalue weighted by Crippen LogP contribution is 2.29. The van der Waals surface area contributed by atoms with Gasteiger partial charge in [0.2, 0.25) is 0 Å². The molecular weight excluding hydrogens is 196 g/mol. The first-order valence-corrected chi connectivity index (χ1v) is 6.37. The van der Waals surface area contributed by atoms with E-state index in [9.17, 15) is 0 Å². The van der Waals surface area contributed by atoms with Crippen molar-refractivity contribution in [3.8, 4) is 0 Å². The van der Waals surface area contributed by atoms with Crippen LogP contribution >= 0.6 is 0 Å². The second kappa shape index (κ2) is 5.46. The first-order valence-electron chi connectivity index (χ1n) is 6.37. The van der Waals surface area contributed by atoms with Gasteiger partial charge in [0.25, 0.3) is 0 Å². The average molecular weight is 218 g/mol. The monoisotopic (exact) mass is 218 g/mol. The lowest BCUT2D eigenvalue weighted by Gasteiger charge is -2.32. The van der Waals surface area contributed by atoms with Crippen molar-refractivity contribution in [1.82, 2.24) is 4.90 Å². The Labute approximate surface area is 98.4 Å². The maximum atomic E-state index is 5.96. The molecule has 0 aromatic heterocycles. The third-order valence-electron chi connectivity index (χ3n) is 3.70. The third-order valence-corrected chi connectivity index (χ3v) is 3.70. The fourth-order valence-corrected chi connectivity index (χ4v) is 2.84. The Morgan fingerprint density at radius 1 is 1.38 bits per heavy atom. The molecule has 0 bridgehead atoms. The van der Waals surface area contributed by atoms with E-state index in [1.165, 1.54) is 31.4 Å². The van der Waals surface area contributed by atoms with E-state index >= 15 is 0 Å². The lowest BCUT2D eigenvalue weighted by Crippen LogP contribution is -2.37. The zero-order chi connectivity index (χ0) is 11.4. The standard InChI is InChI=1S/C14H22N2/c1-2-13-9-6-10-16(13)14(11-15)12-7-4-3-5-8-12/h3-5,7-8,13-14H,2,6,9-11,15H2,1H3. The third kappa shape index (κ3) is 2.28. The maximum Gasteiger partial charge on any atom is 0.0473 e. The molecule has 1 fully saturated rings. The number of hydrogen-bond donors (Lipinski definition) is 1. The minimum absolute atomic E-state index is 0.411. The highest BCUT2D eigenvalue weighted by Gasteiger charge is 2.29. The van der Waals surface area contributed by atoms with Gasteiger partial charge in [-0.15, -0.1) is 0 Å². The van der Waals surface area contributed by atoms with Crippen LogP contribution in [0.3, 0.4) is 0 Å². The molecule has 0 radical (unpaired) electrons. The summed E-state index contributed by atoms with van der Waals surface area (Å²) in [4.78, 5) is 2.59. The van der Waals surface area contributed by atoms with Crippen molar-refractivity contribution in [2.24, 2.45) is 5.73 Å². The van der Waals surface area contributed by atoms with E-state index in [0.29, 0.717) is 6.04 Å². The van der Waals surface area contributed by atoms with Gasteiger partial charge in [0.1, 0.15) is 0 Å². The van der Waals surface area contributed by atoms with Crippen LogP contribution in [0, 0.1) is 0 Å². The summed E-state index contributed by atoms with van der Waals surface area (Å²) in [5.74, 6) is 0. The Morgan fingerprint density at radius 3 is 2.75 bits per heavy atom. The summed E-state index contributed by atoms with van der Waals surface area (Å²) >= 11 is 0. The SMILES string of the molecule is CCC1CCCN1C(CN)c1ccccc1. The molecule has 2 atom stereocenters.